The van der Waals surface area contributed by atoms with Crippen LogP contribution >= 0.6 is 0 Å². The number of nitrogens with zero attached hydrogens (tertiary/aromatic N) is 1. The van der Waals surface area contributed by atoms with Gasteiger partial charge in [0.25, 0.3) is 5.91 Å². The molecule has 1 rings (SSSR count). The molecule has 0 radical (unpaired) electrons. The van der Waals surface area contributed by atoms with Crippen molar-refractivity contribution in [3.05, 3.63) is 17.3 Å². The Morgan fingerprint density at radius 1 is 1.62 bits per heavy atom. The average molecular weight is 182 g/mol. The summed E-state index contributed by atoms with van der Waals surface area (Å²) in [6.07, 6.45) is 0.730. The number of primary amides is 1. The average Bonchev–Trinajstić information content (AvgIpc) is 2.29. The molecular weight excluding hydrogens is 168 g/mol. The molecule has 0 bridgehead atoms. The fourth-order valence-corrected chi connectivity index (χ4v) is 1.12. The van der Waals surface area contributed by atoms with Crippen molar-refractivity contribution in [3.63, 3.8) is 0 Å². The monoisotopic (exact) mass is 182 g/mol. The maximum atomic E-state index is 10.8. The molecule has 4 heteroatoms. The maximum Gasteiger partial charge on any atom is 0.286 e. The summed E-state index contributed by atoms with van der Waals surface area (Å²) in [4.78, 5) is 14.9. The molecule has 13 heavy (non-hydrogen) atoms. The second kappa shape index (κ2) is 3.60. The SMILES string of the molecule is Cc1nc(CC(C)C)oc1C(N)=O. The number of rotatable bonds is 3. The fraction of sp³-hybridized carbons (Fsp3) is 0.556. The van der Waals surface area contributed by atoms with Gasteiger partial charge in [0.1, 0.15) is 0 Å². The molecule has 1 amide bonds. The standard InChI is InChI=1S/C9H14N2O2/c1-5(2)4-7-11-6(3)8(13-7)9(10)12/h5H,4H2,1-3H3,(H2,10,12). The van der Waals surface area contributed by atoms with Gasteiger partial charge in [0.15, 0.2) is 5.89 Å². The van der Waals surface area contributed by atoms with E-state index in [-0.39, 0.29) is 5.76 Å². The number of oxazole rings is 1. The minimum absolute atomic E-state index is 0.177. The molecule has 0 fully saturated rings. The number of carbonyl (C=O) groups is 1. The number of carbonyl (C=O) groups excluding carboxylic acids is 1. The van der Waals surface area contributed by atoms with Gasteiger partial charge in [-0.15, -0.1) is 0 Å². The summed E-state index contributed by atoms with van der Waals surface area (Å²) in [7, 11) is 0. The van der Waals surface area contributed by atoms with Gasteiger partial charge < -0.3 is 10.2 Å². The summed E-state index contributed by atoms with van der Waals surface area (Å²) in [5, 5.41) is 0. The van der Waals surface area contributed by atoms with E-state index in [2.05, 4.69) is 18.8 Å². The molecule has 0 saturated heterocycles. The number of hydrogen-bond donors (Lipinski definition) is 1. The van der Waals surface area contributed by atoms with Crippen molar-refractivity contribution in [2.24, 2.45) is 11.7 Å². The predicted octanol–water partition coefficient (Wildman–Crippen LogP) is 1.28. The highest BCUT2D eigenvalue weighted by atomic mass is 16.4. The Morgan fingerprint density at radius 3 is 2.62 bits per heavy atom. The first-order valence-corrected chi connectivity index (χ1v) is 4.26. The van der Waals surface area contributed by atoms with E-state index >= 15 is 0 Å². The van der Waals surface area contributed by atoms with E-state index in [4.69, 9.17) is 10.2 Å². The third-order valence-corrected chi connectivity index (χ3v) is 1.65. The van der Waals surface area contributed by atoms with Crippen molar-refractivity contribution in [1.82, 2.24) is 4.98 Å². The van der Waals surface area contributed by atoms with E-state index in [0.29, 0.717) is 17.5 Å². The highest BCUT2D eigenvalue weighted by Crippen LogP contribution is 2.12. The van der Waals surface area contributed by atoms with Crippen molar-refractivity contribution in [3.8, 4) is 0 Å². The quantitative estimate of drug-likeness (QED) is 0.765. The van der Waals surface area contributed by atoms with E-state index < -0.39 is 5.91 Å². The molecule has 0 atom stereocenters. The van der Waals surface area contributed by atoms with Crippen molar-refractivity contribution in [2.45, 2.75) is 27.2 Å². The van der Waals surface area contributed by atoms with Crippen LogP contribution in [0.3, 0.4) is 0 Å². The van der Waals surface area contributed by atoms with Crippen LogP contribution in [-0.2, 0) is 6.42 Å². The molecule has 72 valence electrons. The molecular formula is C9H14N2O2. The van der Waals surface area contributed by atoms with Crippen LogP contribution in [-0.4, -0.2) is 10.9 Å². The van der Waals surface area contributed by atoms with E-state index in [1.54, 1.807) is 6.92 Å². The van der Waals surface area contributed by atoms with E-state index in [1.807, 2.05) is 0 Å². The molecule has 0 spiro atoms. The van der Waals surface area contributed by atoms with Crippen molar-refractivity contribution in [2.75, 3.05) is 0 Å². The summed E-state index contributed by atoms with van der Waals surface area (Å²) in [6.45, 7) is 5.83. The van der Waals surface area contributed by atoms with E-state index in [1.165, 1.54) is 0 Å². The van der Waals surface area contributed by atoms with Gasteiger partial charge in [-0.05, 0) is 12.8 Å². The molecule has 0 aliphatic rings. The van der Waals surface area contributed by atoms with Crippen LogP contribution in [0.1, 0.15) is 36.0 Å². The number of aryl methyl sites for hydroxylation is 1. The second-order valence-corrected chi connectivity index (χ2v) is 3.48. The molecule has 1 heterocycles. The summed E-state index contributed by atoms with van der Waals surface area (Å²) in [6, 6.07) is 0. The van der Waals surface area contributed by atoms with Crippen molar-refractivity contribution >= 4 is 5.91 Å². The number of nitrogens with two attached hydrogens (primary N) is 1. The van der Waals surface area contributed by atoms with Gasteiger partial charge in [0.05, 0.1) is 5.69 Å². The lowest BCUT2D eigenvalue weighted by Crippen LogP contribution is -2.10. The normalized spacial score (nSPS) is 10.8. The Morgan fingerprint density at radius 2 is 2.23 bits per heavy atom. The maximum absolute atomic E-state index is 10.8. The van der Waals surface area contributed by atoms with Gasteiger partial charge in [0.2, 0.25) is 5.76 Å². The van der Waals surface area contributed by atoms with Gasteiger partial charge in [-0.2, -0.15) is 0 Å². The van der Waals surface area contributed by atoms with Crippen LogP contribution in [0.5, 0.6) is 0 Å². The minimum atomic E-state index is -0.556. The van der Waals surface area contributed by atoms with Gasteiger partial charge in [-0.1, -0.05) is 13.8 Å². The zero-order chi connectivity index (χ0) is 10.0. The van der Waals surface area contributed by atoms with Crippen LogP contribution < -0.4 is 5.73 Å². The van der Waals surface area contributed by atoms with Gasteiger partial charge in [-0.3, -0.25) is 4.79 Å². The first kappa shape index (κ1) is 9.77. The Labute approximate surface area is 77.1 Å². The Bertz CT molecular complexity index is 315. The lowest BCUT2D eigenvalue weighted by molar-refractivity contribution is 0.0971. The first-order chi connectivity index (χ1) is 6.00. The fourth-order valence-electron chi connectivity index (χ4n) is 1.12. The Balaban J connectivity index is 2.89. The van der Waals surface area contributed by atoms with Crippen LogP contribution in [0.2, 0.25) is 0 Å². The van der Waals surface area contributed by atoms with Gasteiger partial charge >= 0.3 is 0 Å². The Kier molecular flexibility index (Phi) is 2.70. The number of amides is 1. The zero-order valence-corrected chi connectivity index (χ0v) is 8.13. The molecule has 0 aromatic carbocycles. The van der Waals surface area contributed by atoms with Crippen LogP contribution in [0.15, 0.2) is 4.42 Å². The molecule has 4 nitrogen and oxygen atoms in total. The molecule has 1 aromatic rings. The minimum Gasteiger partial charge on any atom is -0.435 e. The molecule has 2 N–H and O–H groups in total. The largest absolute Gasteiger partial charge is 0.435 e. The van der Waals surface area contributed by atoms with Crippen LogP contribution in [0.25, 0.3) is 0 Å². The number of hydrogen-bond acceptors (Lipinski definition) is 3. The highest BCUT2D eigenvalue weighted by Gasteiger charge is 2.14. The number of aromatic nitrogens is 1. The molecule has 0 aliphatic carbocycles. The summed E-state index contributed by atoms with van der Waals surface area (Å²) < 4.78 is 5.20. The zero-order valence-electron chi connectivity index (χ0n) is 8.13. The molecule has 0 aliphatic heterocycles. The molecule has 1 aromatic heterocycles. The highest BCUT2D eigenvalue weighted by molar-refractivity contribution is 5.90. The lowest BCUT2D eigenvalue weighted by Gasteiger charge is -1.97. The van der Waals surface area contributed by atoms with Crippen molar-refractivity contribution < 1.29 is 9.21 Å². The second-order valence-electron chi connectivity index (χ2n) is 3.48. The Hall–Kier alpha value is -1.32. The summed E-state index contributed by atoms with van der Waals surface area (Å²) >= 11 is 0. The third-order valence-electron chi connectivity index (χ3n) is 1.65. The smallest absolute Gasteiger partial charge is 0.286 e. The van der Waals surface area contributed by atoms with Crippen LogP contribution in [0.4, 0.5) is 0 Å². The van der Waals surface area contributed by atoms with Crippen molar-refractivity contribution in [1.29, 1.82) is 0 Å². The van der Waals surface area contributed by atoms with Crippen LogP contribution in [0, 0.1) is 12.8 Å². The lowest BCUT2D eigenvalue weighted by atomic mass is 10.1. The summed E-state index contributed by atoms with van der Waals surface area (Å²) in [5.41, 5.74) is 5.66. The molecule has 0 saturated carbocycles. The third kappa shape index (κ3) is 2.31. The van der Waals surface area contributed by atoms with Gasteiger partial charge in [0, 0.05) is 6.42 Å². The summed E-state index contributed by atoms with van der Waals surface area (Å²) in [5.74, 6) is 0.663. The topological polar surface area (TPSA) is 69.1 Å². The van der Waals surface area contributed by atoms with E-state index in [9.17, 15) is 4.79 Å². The van der Waals surface area contributed by atoms with E-state index in [0.717, 1.165) is 6.42 Å². The predicted molar refractivity (Wildman–Crippen MR) is 48.3 cm³/mol. The van der Waals surface area contributed by atoms with Gasteiger partial charge in [-0.25, -0.2) is 4.98 Å². The molecule has 0 unspecified atom stereocenters. The first-order valence-electron chi connectivity index (χ1n) is 4.26.